The summed E-state index contributed by atoms with van der Waals surface area (Å²) < 4.78 is 38.7. The first kappa shape index (κ1) is 23.4. The molecule has 0 bridgehead atoms. The monoisotopic (exact) mass is 427 g/mol. The van der Waals surface area contributed by atoms with Crippen LogP contribution in [0.4, 0.5) is 0 Å². The molecule has 1 aliphatic heterocycles. The van der Waals surface area contributed by atoms with Crippen LogP contribution >= 0.6 is 0 Å². The van der Waals surface area contributed by atoms with Gasteiger partial charge < -0.3 is 19.7 Å². The van der Waals surface area contributed by atoms with Gasteiger partial charge in [0.15, 0.2) is 0 Å². The molecule has 0 unspecified atom stereocenters. The number of carbonyl (C=O) groups is 1. The van der Waals surface area contributed by atoms with Crippen molar-refractivity contribution >= 4 is 15.9 Å². The summed E-state index contributed by atoms with van der Waals surface area (Å²) in [4.78, 5) is 14.4. The van der Waals surface area contributed by atoms with Crippen LogP contribution in [0.15, 0.2) is 23.1 Å². The van der Waals surface area contributed by atoms with E-state index in [1.807, 2.05) is 0 Å². The molecule has 1 aromatic carbocycles. The average Bonchev–Trinajstić information content (AvgIpc) is 2.75. The molecule has 2 rings (SSSR count). The van der Waals surface area contributed by atoms with Gasteiger partial charge in [0.1, 0.15) is 16.4 Å². The van der Waals surface area contributed by atoms with E-state index in [0.29, 0.717) is 25.4 Å². The molecule has 0 aromatic heterocycles. The number of sulfonamides is 1. The smallest absolute Gasteiger partial charge is 0.246 e. The van der Waals surface area contributed by atoms with Crippen LogP contribution in [0.25, 0.3) is 0 Å². The second-order valence-corrected chi connectivity index (χ2v) is 8.92. The number of hydrogen-bond donors (Lipinski definition) is 1. The lowest BCUT2D eigenvalue weighted by molar-refractivity contribution is -0.131. The normalized spacial score (nSPS) is 14.8. The number of methoxy groups -OCH3 is 2. The topological polar surface area (TPSA) is 88.2 Å². The van der Waals surface area contributed by atoms with E-state index in [0.717, 1.165) is 32.4 Å². The van der Waals surface area contributed by atoms with Gasteiger partial charge in [-0.3, -0.25) is 4.79 Å². The zero-order valence-corrected chi connectivity index (χ0v) is 18.5. The number of carbonyl (C=O) groups excluding carboxylic acids is 1. The molecule has 1 heterocycles. The zero-order chi connectivity index (χ0) is 21.3. The molecule has 8 nitrogen and oxygen atoms in total. The fourth-order valence-corrected chi connectivity index (χ4v) is 4.96. The highest BCUT2D eigenvalue weighted by molar-refractivity contribution is 7.89. The van der Waals surface area contributed by atoms with E-state index in [9.17, 15) is 13.2 Å². The predicted molar refractivity (Wildman–Crippen MR) is 112 cm³/mol. The second-order valence-electron chi connectivity index (χ2n) is 7.01. The molecule has 1 fully saturated rings. The lowest BCUT2D eigenvalue weighted by atomic mass is 10.2. The van der Waals surface area contributed by atoms with Gasteiger partial charge in [-0.2, -0.15) is 4.31 Å². The molecule has 1 aromatic rings. The number of rotatable bonds is 11. The van der Waals surface area contributed by atoms with Crippen LogP contribution in [0, 0.1) is 0 Å². The number of nitrogens with zero attached hydrogens (tertiary/aromatic N) is 2. The van der Waals surface area contributed by atoms with Crippen LogP contribution in [0.3, 0.4) is 0 Å². The highest BCUT2D eigenvalue weighted by Crippen LogP contribution is 2.31. The summed E-state index contributed by atoms with van der Waals surface area (Å²) in [6, 6.07) is 4.72. The molecule has 0 atom stereocenters. The van der Waals surface area contributed by atoms with Crippen molar-refractivity contribution in [3.05, 3.63) is 18.2 Å². The van der Waals surface area contributed by atoms with E-state index in [2.05, 4.69) is 12.2 Å². The molecule has 0 saturated carbocycles. The largest absolute Gasteiger partial charge is 0.497 e. The number of hydrogen-bond acceptors (Lipinski definition) is 6. The molecule has 1 N–H and O–H groups in total. The van der Waals surface area contributed by atoms with Gasteiger partial charge in [0, 0.05) is 51.8 Å². The third-order valence-corrected chi connectivity index (χ3v) is 6.96. The number of ether oxygens (including phenoxy) is 2. The predicted octanol–water partition coefficient (Wildman–Crippen LogP) is 1.71. The molecular weight excluding hydrogens is 394 g/mol. The highest BCUT2D eigenvalue weighted by atomic mass is 32.2. The van der Waals surface area contributed by atoms with Gasteiger partial charge in [-0.05, 0) is 18.6 Å². The van der Waals surface area contributed by atoms with E-state index >= 15 is 0 Å². The third-order valence-electron chi connectivity index (χ3n) is 5.04. The van der Waals surface area contributed by atoms with Crippen molar-refractivity contribution < 1.29 is 22.7 Å². The minimum absolute atomic E-state index is 0.0141. The van der Waals surface area contributed by atoms with Crippen LogP contribution in [0.2, 0.25) is 0 Å². The van der Waals surface area contributed by atoms with Crippen molar-refractivity contribution in [3.63, 3.8) is 0 Å². The summed E-state index contributed by atoms with van der Waals surface area (Å²) in [5, 5.41) is 3.21. The fraction of sp³-hybridized carbons (Fsp3) is 0.650. The van der Waals surface area contributed by atoms with E-state index in [4.69, 9.17) is 9.47 Å². The Morgan fingerprint density at radius 1 is 1.14 bits per heavy atom. The fourth-order valence-electron chi connectivity index (χ4n) is 3.31. The van der Waals surface area contributed by atoms with Crippen molar-refractivity contribution in [2.45, 2.75) is 37.5 Å². The Kier molecular flexibility index (Phi) is 9.19. The van der Waals surface area contributed by atoms with Crippen molar-refractivity contribution in [1.29, 1.82) is 0 Å². The van der Waals surface area contributed by atoms with Crippen molar-refractivity contribution in [2.75, 3.05) is 53.5 Å². The number of piperazine rings is 1. The molecule has 0 spiro atoms. The van der Waals surface area contributed by atoms with Crippen molar-refractivity contribution in [3.8, 4) is 11.5 Å². The van der Waals surface area contributed by atoms with Gasteiger partial charge in [0.25, 0.3) is 0 Å². The van der Waals surface area contributed by atoms with Gasteiger partial charge >= 0.3 is 0 Å². The Balaban J connectivity index is 2.21. The molecule has 1 aliphatic rings. The summed E-state index contributed by atoms with van der Waals surface area (Å²) in [6.07, 6.45) is 2.81. The minimum Gasteiger partial charge on any atom is -0.497 e. The SMILES string of the molecule is CCCCCN(CCC(=O)N1CCNCC1)S(=O)(=O)c1cc(OC)ccc1OC. The number of benzene rings is 1. The Labute approximate surface area is 174 Å². The Hall–Kier alpha value is -1.84. The van der Waals surface area contributed by atoms with Crippen LogP contribution in [-0.2, 0) is 14.8 Å². The Morgan fingerprint density at radius 3 is 2.48 bits per heavy atom. The molecule has 164 valence electrons. The van der Waals surface area contributed by atoms with Gasteiger partial charge in [0.2, 0.25) is 15.9 Å². The molecule has 0 aliphatic carbocycles. The van der Waals surface area contributed by atoms with E-state index in [-0.39, 0.29) is 29.5 Å². The van der Waals surface area contributed by atoms with Crippen LogP contribution in [-0.4, -0.2) is 77.0 Å². The first-order valence-corrected chi connectivity index (χ1v) is 11.6. The van der Waals surface area contributed by atoms with Crippen molar-refractivity contribution in [1.82, 2.24) is 14.5 Å². The summed E-state index contributed by atoms with van der Waals surface area (Å²) in [6.45, 7) is 5.44. The molecule has 9 heteroatoms. The van der Waals surface area contributed by atoms with Crippen LogP contribution in [0.1, 0.15) is 32.6 Å². The van der Waals surface area contributed by atoms with Gasteiger partial charge in [-0.25, -0.2) is 8.42 Å². The van der Waals surface area contributed by atoms with Crippen molar-refractivity contribution in [2.24, 2.45) is 0 Å². The first-order chi connectivity index (χ1) is 13.9. The molecular formula is C20H33N3O5S. The maximum atomic E-state index is 13.4. The van der Waals surface area contributed by atoms with Gasteiger partial charge in [-0.1, -0.05) is 19.8 Å². The van der Waals surface area contributed by atoms with Crippen LogP contribution in [0.5, 0.6) is 11.5 Å². The maximum Gasteiger partial charge on any atom is 0.246 e. The van der Waals surface area contributed by atoms with Gasteiger partial charge in [0.05, 0.1) is 14.2 Å². The Morgan fingerprint density at radius 2 is 1.86 bits per heavy atom. The average molecular weight is 428 g/mol. The quantitative estimate of drug-likeness (QED) is 0.541. The maximum absolute atomic E-state index is 13.4. The number of nitrogens with one attached hydrogen (secondary N) is 1. The third kappa shape index (κ3) is 6.32. The van der Waals surface area contributed by atoms with E-state index in [1.165, 1.54) is 24.6 Å². The first-order valence-electron chi connectivity index (χ1n) is 10.1. The lowest BCUT2D eigenvalue weighted by Crippen LogP contribution is -2.47. The molecule has 0 radical (unpaired) electrons. The van der Waals surface area contributed by atoms with E-state index in [1.54, 1.807) is 17.0 Å². The number of amides is 1. The molecule has 1 amide bonds. The number of unbranched alkanes of at least 4 members (excludes halogenated alkanes) is 2. The van der Waals surface area contributed by atoms with E-state index < -0.39 is 10.0 Å². The summed E-state index contributed by atoms with van der Waals surface area (Å²) in [5.41, 5.74) is 0. The molecule has 29 heavy (non-hydrogen) atoms. The Bertz CT molecular complexity index is 763. The second kappa shape index (κ2) is 11.4. The molecule has 1 saturated heterocycles. The summed E-state index contributed by atoms with van der Waals surface area (Å²) in [5.74, 6) is 0.689. The lowest BCUT2D eigenvalue weighted by Gasteiger charge is -2.29. The standard InChI is InChI=1S/C20H33N3O5S/c1-4-5-6-12-23(13-9-20(24)22-14-10-21-11-15-22)29(25,26)19-16-17(27-2)7-8-18(19)28-3/h7-8,16,21H,4-6,9-15H2,1-3H3. The minimum atomic E-state index is -3.84. The van der Waals surface area contributed by atoms with Crippen LogP contribution < -0.4 is 14.8 Å². The van der Waals surface area contributed by atoms with Gasteiger partial charge in [-0.15, -0.1) is 0 Å². The highest BCUT2D eigenvalue weighted by Gasteiger charge is 2.29. The zero-order valence-electron chi connectivity index (χ0n) is 17.6. The summed E-state index contributed by atoms with van der Waals surface area (Å²) in [7, 11) is -0.908. The summed E-state index contributed by atoms with van der Waals surface area (Å²) >= 11 is 0.